The highest BCUT2D eigenvalue weighted by Crippen LogP contribution is 1.92. The zero-order valence-corrected chi connectivity index (χ0v) is 6.81. The monoisotopic (exact) mass is 163 g/mol. The summed E-state index contributed by atoms with van der Waals surface area (Å²) < 4.78 is 0. The van der Waals surface area contributed by atoms with Gasteiger partial charge in [0.15, 0.2) is 0 Å². The first-order chi connectivity index (χ1) is 5.75. The van der Waals surface area contributed by atoms with Crippen molar-refractivity contribution in [3.05, 3.63) is 29.8 Å². The van der Waals surface area contributed by atoms with Crippen LogP contribution in [0, 0.1) is 0 Å². The summed E-state index contributed by atoms with van der Waals surface area (Å²) >= 11 is 0. The van der Waals surface area contributed by atoms with E-state index in [1.54, 1.807) is 31.5 Å². The van der Waals surface area contributed by atoms with Crippen molar-refractivity contribution < 1.29 is 10.0 Å². The standard InChI is InChI=1S/C8H10BNO2/c1-10-6-7-4-2-3-5-8(7)9(11)12/h2-6,11-12H,1H3. The third-order valence-corrected chi connectivity index (χ3v) is 1.54. The predicted molar refractivity (Wildman–Crippen MR) is 49.8 cm³/mol. The fourth-order valence-corrected chi connectivity index (χ4v) is 1.00. The molecule has 0 aliphatic carbocycles. The summed E-state index contributed by atoms with van der Waals surface area (Å²) in [5.41, 5.74) is 1.21. The van der Waals surface area contributed by atoms with Crippen molar-refractivity contribution in [2.75, 3.05) is 7.05 Å². The van der Waals surface area contributed by atoms with Crippen LogP contribution < -0.4 is 5.46 Å². The summed E-state index contributed by atoms with van der Waals surface area (Å²) in [7, 11) is 0.208. The van der Waals surface area contributed by atoms with Crippen LogP contribution in [0.3, 0.4) is 0 Å². The molecule has 3 nitrogen and oxygen atoms in total. The number of hydrogen-bond acceptors (Lipinski definition) is 3. The highest BCUT2D eigenvalue weighted by atomic mass is 16.4. The van der Waals surface area contributed by atoms with E-state index in [9.17, 15) is 0 Å². The molecule has 0 amide bonds. The van der Waals surface area contributed by atoms with Gasteiger partial charge in [0.2, 0.25) is 0 Å². The SMILES string of the molecule is CN=Cc1ccccc1B(O)O. The van der Waals surface area contributed by atoms with Gasteiger partial charge >= 0.3 is 7.12 Å². The Balaban J connectivity index is 3.08. The number of aliphatic imine (C=N–C) groups is 1. The van der Waals surface area contributed by atoms with Crippen molar-refractivity contribution in [2.45, 2.75) is 0 Å². The highest BCUT2D eigenvalue weighted by molar-refractivity contribution is 6.60. The molecular formula is C8H10BNO2. The third-order valence-electron chi connectivity index (χ3n) is 1.54. The lowest BCUT2D eigenvalue weighted by molar-refractivity contribution is 0.425. The maximum Gasteiger partial charge on any atom is 0.489 e. The second-order valence-electron chi connectivity index (χ2n) is 2.39. The second kappa shape index (κ2) is 4.04. The summed E-state index contributed by atoms with van der Waals surface area (Å²) in [5, 5.41) is 17.9. The molecule has 62 valence electrons. The van der Waals surface area contributed by atoms with E-state index in [2.05, 4.69) is 4.99 Å². The molecule has 0 aliphatic heterocycles. The molecule has 0 unspecified atom stereocenters. The first-order valence-electron chi connectivity index (χ1n) is 3.63. The van der Waals surface area contributed by atoms with E-state index in [0.717, 1.165) is 5.56 Å². The van der Waals surface area contributed by atoms with Gasteiger partial charge in [-0.3, -0.25) is 4.99 Å². The molecule has 0 heterocycles. The van der Waals surface area contributed by atoms with Crippen LogP contribution in [0.25, 0.3) is 0 Å². The summed E-state index contributed by atoms with van der Waals surface area (Å²) in [5.74, 6) is 0. The third kappa shape index (κ3) is 1.93. The Labute approximate surface area is 71.5 Å². The van der Waals surface area contributed by atoms with Crippen molar-refractivity contribution >= 4 is 18.8 Å². The zero-order valence-electron chi connectivity index (χ0n) is 6.81. The normalized spacial score (nSPS) is 10.6. The molecule has 1 rings (SSSR count). The van der Waals surface area contributed by atoms with Gasteiger partial charge in [0.05, 0.1) is 0 Å². The van der Waals surface area contributed by atoms with Crippen LogP contribution in [0.2, 0.25) is 0 Å². The van der Waals surface area contributed by atoms with Crippen LogP contribution in [-0.4, -0.2) is 30.4 Å². The average Bonchev–Trinajstić information content (AvgIpc) is 2.05. The molecule has 1 aromatic rings. The average molecular weight is 163 g/mol. The Kier molecular flexibility index (Phi) is 3.02. The fourth-order valence-electron chi connectivity index (χ4n) is 1.00. The predicted octanol–water partition coefficient (Wildman–Crippen LogP) is -0.585. The van der Waals surface area contributed by atoms with Crippen LogP contribution in [0.5, 0.6) is 0 Å². The van der Waals surface area contributed by atoms with Crippen molar-refractivity contribution in [3.63, 3.8) is 0 Å². The zero-order chi connectivity index (χ0) is 8.97. The molecule has 0 aromatic heterocycles. The van der Waals surface area contributed by atoms with Gasteiger partial charge in [-0.15, -0.1) is 0 Å². The summed E-state index contributed by atoms with van der Waals surface area (Å²) in [4.78, 5) is 3.80. The first-order valence-corrected chi connectivity index (χ1v) is 3.63. The van der Waals surface area contributed by atoms with E-state index in [1.165, 1.54) is 0 Å². The minimum absolute atomic E-state index is 0.475. The largest absolute Gasteiger partial charge is 0.489 e. The highest BCUT2D eigenvalue weighted by Gasteiger charge is 2.13. The fraction of sp³-hybridized carbons (Fsp3) is 0.125. The van der Waals surface area contributed by atoms with Crippen molar-refractivity contribution in [3.8, 4) is 0 Å². The van der Waals surface area contributed by atoms with Gasteiger partial charge in [0.25, 0.3) is 0 Å². The van der Waals surface area contributed by atoms with Crippen LogP contribution >= 0.6 is 0 Å². The molecule has 0 radical (unpaired) electrons. The molecule has 0 bridgehead atoms. The molecule has 0 atom stereocenters. The summed E-state index contributed by atoms with van der Waals surface area (Å²) in [6.07, 6.45) is 1.59. The minimum Gasteiger partial charge on any atom is -0.423 e. The molecule has 0 spiro atoms. The Morgan fingerprint density at radius 2 is 2.00 bits per heavy atom. The molecule has 2 N–H and O–H groups in total. The van der Waals surface area contributed by atoms with Crippen molar-refractivity contribution in [1.82, 2.24) is 0 Å². The van der Waals surface area contributed by atoms with Gasteiger partial charge in [0.1, 0.15) is 0 Å². The molecule has 0 fully saturated rings. The number of rotatable bonds is 2. The van der Waals surface area contributed by atoms with E-state index >= 15 is 0 Å². The molecule has 4 heteroatoms. The molecular weight excluding hydrogens is 153 g/mol. The lowest BCUT2D eigenvalue weighted by Crippen LogP contribution is -2.32. The van der Waals surface area contributed by atoms with Gasteiger partial charge in [0, 0.05) is 13.3 Å². The van der Waals surface area contributed by atoms with Gasteiger partial charge in [-0.05, 0) is 11.0 Å². The van der Waals surface area contributed by atoms with E-state index in [1.807, 2.05) is 6.07 Å². The smallest absolute Gasteiger partial charge is 0.423 e. The van der Waals surface area contributed by atoms with Crippen molar-refractivity contribution in [2.24, 2.45) is 4.99 Å². The number of hydrogen-bond donors (Lipinski definition) is 2. The Hall–Kier alpha value is -1.13. The van der Waals surface area contributed by atoms with Gasteiger partial charge in [-0.1, -0.05) is 24.3 Å². The van der Waals surface area contributed by atoms with Gasteiger partial charge in [-0.2, -0.15) is 0 Å². The van der Waals surface area contributed by atoms with E-state index in [4.69, 9.17) is 10.0 Å². The Morgan fingerprint density at radius 3 is 2.58 bits per heavy atom. The quantitative estimate of drug-likeness (QED) is 0.452. The Bertz CT molecular complexity index is 286. The van der Waals surface area contributed by atoms with Gasteiger partial charge < -0.3 is 10.0 Å². The van der Waals surface area contributed by atoms with Crippen LogP contribution in [0.1, 0.15) is 5.56 Å². The maximum absolute atomic E-state index is 8.93. The van der Waals surface area contributed by atoms with Gasteiger partial charge in [-0.25, -0.2) is 0 Å². The summed E-state index contributed by atoms with van der Waals surface area (Å²) in [6.45, 7) is 0. The number of nitrogens with zero attached hydrogens (tertiary/aromatic N) is 1. The Morgan fingerprint density at radius 1 is 1.33 bits per heavy atom. The minimum atomic E-state index is -1.43. The molecule has 12 heavy (non-hydrogen) atoms. The molecule has 0 aliphatic rings. The van der Waals surface area contributed by atoms with Crippen molar-refractivity contribution in [1.29, 1.82) is 0 Å². The lowest BCUT2D eigenvalue weighted by Gasteiger charge is -2.02. The number of benzene rings is 1. The van der Waals surface area contributed by atoms with E-state index in [0.29, 0.717) is 5.46 Å². The molecule has 0 saturated heterocycles. The van der Waals surface area contributed by atoms with Crippen LogP contribution in [0.15, 0.2) is 29.3 Å². The topological polar surface area (TPSA) is 52.8 Å². The second-order valence-corrected chi connectivity index (χ2v) is 2.39. The summed E-state index contributed by atoms with van der Waals surface area (Å²) in [6, 6.07) is 7.01. The van der Waals surface area contributed by atoms with E-state index < -0.39 is 7.12 Å². The first kappa shape index (κ1) is 8.97. The lowest BCUT2D eigenvalue weighted by atomic mass is 9.77. The van der Waals surface area contributed by atoms with Crippen LogP contribution in [-0.2, 0) is 0 Å². The van der Waals surface area contributed by atoms with E-state index in [-0.39, 0.29) is 0 Å². The molecule has 0 saturated carbocycles. The van der Waals surface area contributed by atoms with Crippen LogP contribution in [0.4, 0.5) is 0 Å². The maximum atomic E-state index is 8.93. The molecule has 1 aromatic carbocycles.